The summed E-state index contributed by atoms with van der Waals surface area (Å²) in [6.45, 7) is 13.4. The average molecular weight is 508 g/mol. The molecule has 4 aromatic rings. The molecular weight excluding hydrogens is 475 g/mol. The molecule has 0 aliphatic carbocycles. The van der Waals surface area contributed by atoms with Crippen LogP contribution in [0.3, 0.4) is 0 Å². The normalized spacial score (nSPS) is 12.1. The first-order chi connectivity index (χ1) is 17.1. The van der Waals surface area contributed by atoms with Crippen LogP contribution in [-0.2, 0) is 10.8 Å². The molecule has 1 heterocycles. The van der Waals surface area contributed by atoms with Crippen LogP contribution >= 0.6 is 0 Å². The highest BCUT2D eigenvalue weighted by atomic mass is 19.5. The van der Waals surface area contributed by atoms with Crippen LogP contribution in [0.2, 0.25) is 0 Å². The van der Waals surface area contributed by atoms with Crippen molar-refractivity contribution in [1.29, 1.82) is 0 Å². The molecule has 0 aliphatic rings. The molecule has 0 saturated heterocycles. The van der Waals surface area contributed by atoms with Crippen molar-refractivity contribution in [3.8, 4) is 33.8 Å². The van der Waals surface area contributed by atoms with E-state index < -0.39 is 7.25 Å². The van der Waals surface area contributed by atoms with Crippen molar-refractivity contribution in [3.63, 3.8) is 0 Å². The first kappa shape index (κ1) is 28.2. The Bertz CT molecular complexity index is 1220. The van der Waals surface area contributed by atoms with Crippen LogP contribution in [0.15, 0.2) is 95.4 Å². The molecule has 1 aromatic heterocycles. The molecule has 0 bridgehead atoms. The Morgan fingerprint density at radius 1 is 0.486 bits per heavy atom. The second-order valence-corrected chi connectivity index (χ2v) is 11.1. The molecule has 0 fully saturated rings. The molecule has 0 amide bonds. The maximum absolute atomic E-state index is 9.75. The monoisotopic (exact) mass is 508 g/mol. The minimum atomic E-state index is -6.00. The van der Waals surface area contributed by atoms with Crippen molar-refractivity contribution >= 4 is 7.25 Å². The summed E-state index contributed by atoms with van der Waals surface area (Å²) >= 11 is 0. The molecule has 0 aliphatic heterocycles. The summed E-state index contributed by atoms with van der Waals surface area (Å²) in [5.74, 6) is 1.75. The van der Waals surface area contributed by atoms with E-state index in [1.165, 1.54) is 16.7 Å². The Morgan fingerprint density at radius 2 is 0.838 bits per heavy atom. The summed E-state index contributed by atoms with van der Waals surface area (Å²) in [5, 5.41) is 0. The van der Waals surface area contributed by atoms with Gasteiger partial charge in [-0.3, -0.25) is 0 Å². The van der Waals surface area contributed by atoms with Crippen molar-refractivity contribution in [2.45, 2.75) is 52.4 Å². The highest BCUT2D eigenvalue weighted by molar-refractivity contribution is 6.50. The third-order valence-corrected chi connectivity index (χ3v) is 5.97. The van der Waals surface area contributed by atoms with E-state index >= 15 is 0 Å². The van der Waals surface area contributed by atoms with Gasteiger partial charge in [0.05, 0.1) is 23.3 Å². The summed E-state index contributed by atoms with van der Waals surface area (Å²) in [7, 11) is -6.00. The molecule has 0 saturated carbocycles. The highest BCUT2D eigenvalue weighted by Crippen LogP contribution is 2.34. The Kier molecular flexibility index (Phi) is 8.31. The maximum atomic E-state index is 9.75. The van der Waals surface area contributed by atoms with Gasteiger partial charge in [-0.2, -0.15) is 0 Å². The van der Waals surface area contributed by atoms with E-state index in [0.29, 0.717) is 0 Å². The molecule has 3 aromatic carbocycles. The smallest absolute Gasteiger partial charge is 0.418 e. The SMILES string of the molecule is CC(C)(C)c1ccc(-c2cc(-c3ccccc3)cc(-c3ccc(C(C)(C)C)cc3)[o+]2)cc1.F[B-](F)(F)F. The molecule has 0 spiro atoms. The number of hydrogen-bond donors (Lipinski definition) is 0. The van der Waals surface area contributed by atoms with Crippen molar-refractivity contribution in [2.24, 2.45) is 0 Å². The molecule has 4 rings (SSSR count). The lowest BCUT2D eigenvalue weighted by Crippen LogP contribution is -2.10. The van der Waals surface area contributed by atoms with Crippen LogP contribution in [0.4, 0.5) is 17.3 Å². The highest BCUT2D eigenvalue weighted by Gasteiger charge is 2.23. The summed E-state index contributed by atoms with van der Waals surface area (Å²) < 4.78 is 45.5. The van der Waals surface area contributed by atoms with Gasteiger partial charge in [-0.15, -0.1) is 0 Å². The number of benzene rings is 3. The van der Waals surface area contributed by atoms with Crippen LogP contribution < -0.4 is 0 Å². The quantitative estimate of drug-likeness (QED) is 0.152. The van der Waals surface area contributed by atoms with Crippen LogP contribution in [0.25, 0.3) is 33.8 Å². The third kappa shape index (κ3) is 8.31. The lowest BCUT2D eigenvalue weighted by Gasteiger charge is -2.18. The topological polar surface area (TPSA) is 11.3 Å². The Morgan fingerprint density at radius 3 is 1.16 bits per heavy atom. The van der Waals surface area contributed by atoms with Crippen molar-refractivity contribution in [2.75, 3.05) is 0 Å². The molecule has 0 atom stereocenters. The van der Waals surface area contributed by atoms with Gasteiger partial charge < -0.3 is 17.3 Å². The van der Waals surface area contributed by atoms with Gasteiger partial charge in [0, 0.05) is 5.56 Å². The van der Waals surface area contributed by atoms with E-state index in [9.17, 15) is 17.3 Å². The fourth-order valence-electron chi connectivity index (χ4n) is 3.85. The lowest BCUT2D eigenvalue weighted by molar-refractivity contribution is 0.368. The van der Waals surface area contributed by atoms with Crippen LogP contribution in [0.1, 0.15) is 52.7 Å². The minimum Gasteiger partial charge on any atom is -0.418 e. The van der Waals surface area contributed by atoms with E-state index in [-0.39, 0.29) is 10.8 Å². The van der Waals surface area contributed by atoms with Gasteiger partial charge in [-0.05, 0) is 51.8 Å². The number of halogens is 4. The minimum absolute atomic E-state index is 0.127. The number of rotatable bonds is 3. The van der Waals surface area contributed by atoms with E-state index in [4.69, 9.17) is 4.42 Å². The fraction of sp³-hybridized carbons (Fsp3) is 0.258. The molecule has 1 nitrogen and oxygen atoms in total. The molecular formula is C31H33BF4O. The first-order valence-electron chi connectivity index (χ1n) is 12.2. The molecule has 0 unspecified atom stereocenters. The maximum Gasteiger partial charge on any atom is 0.673 e. The van der Waals surface area contributed by atoms with E-state index in [2.05, 4.69) is 133 Å². The van der Waals surface area contributed by atoms with Gasteiger partial charge in [-0.1, -0.05) is 96.1 Å². The summed E-state index contributed by atoms with van der Waals surface area (Å²) in [6.07, 6.45) is 0. The predicted molar refractivity (Wildman–Crippen MR) is 147 cm³/mol. The van der Waals surface area contributed by atoms with E-state index in [1.54, 1.807) is 0 Å². The van der Waals surface area contributed by atoms with Crippen LogP contribution in [-0.4, -0.2) is 7.25 Å². The van der Waals surface area contributed by atoms with Crippen LogP contribution in [0.5, 0.6) is 0 Å². The largest absolute Gasteiger partial charge is 0.673 e. The fourth-order valence-corrected chi connectivity index (χ4v) is 3.85. The predicted octanol–water partition coefficient (Wildman–Crippen LogP) is 10.5. The van der Waals surface area contributed by atoms with Crippen molar-refractivity contribution in [1.82, 2.24) is 0 Å². The lowest BCUT2D eigenvalue weighted by atomic mass is 9.86. The zero-order chi connectivity index (χ0) is 27.4. The molecule has 0 N–H and O–H groups in total. The van der Waals surface area contributed by atoms with E-state index in [0.717, 1.165) is 28.2 Å². The van der Waals surface area contributed by atoms with Gasteiger partial charge in [0.2, 0.25) is 0 Å². The summed E-state index contributed by atoms with van der Waals surface area (Å²) in [5.41, 5.74) is 7.40. The second kappa shape index (κ2) is 10.9. The summed E-state index contributed by atoms with van der Waals surface area (Å²) in [4.78, 5) is 0. The van der Waals surface area contributed by atoms with Gasteiger partial charge >= 0.3 is 18.8 Å². The summed E-state index contributed by atoms with van der Waals surface area (Å²) in [6, 6.07) is 32.3. The Hall–Kier alpha value is -3.41. The van der Waals surface area contributed by atoms with Gasteiger partial charge in [-0.25, -0.2) is 4.42 Å². The first-order valence-corrected chi connectivity index (χ1v) is 12.2. The van der Waals surface area contributed by atoms with E-state index in [1.807, 2.05) is 0 Å². The van der Waals surface area contributed by atoms with Gasteiger partial charge in [0.15, 0.2) is 0 Å². The standard InChI is InChI=1S/C31H33O.BF4/c1-30(2,3)26-16-12-23(13-17-26)28-20-25(22-10-8-7-9-11-22)21-29(32-28)24-14-18-27(19-15-24)31(4,5)6;2-1(3,4)5/h7-21H,1-6H3;/q+1;-1. The zero-order valence-electron chi connectivity index (χ0n) is 22.2. The van der Waals surface area contributed by atoms with Gasteiger partial charge in [0.25, 0.3) is 0 Å². The molecule has 37 heavy (non-hydrogen) atoms. The molecule has 6 heteroatoms. The second-order valence-electron chi connectivity index (χ2n) is 11.1. The molecule has 0 radical (unpaired) electrons. The van der Waals surface area contributed by atoms with Crippen molar-refractivity contribution in [3.05, 3.63) is 102 Å². The Labute approximate surface area is 217 Å². The van der Waals surface area contributed by atoms with Crippen molar-refractivity contribution < 1.29 is 21.7 Å². The van der Waals surface area contributed by atoms with Gasteiger partial charge in [0.1, 0.15) is 0 Å². The third-order valence-electron chi connectivity index (χ3n) is 5.97. The number of hydrogen-bond acceptors (Lipinski definition) is 0. The van der Waals surface area contributed by atoms with Crippen LogP contribution in [0, 0.1) is 0 Å². The Balaban J connectivity index is 0.000000695. The zero-order valence-corrected chi connectivity index (χ0v) is 22.2. The average Bonchev–Trinajstić information content (AvgIpc) is 2.82. The molecule has 194 valence electrons.